The molecular weight excluding hydrogens is 324 g/mol. The molecule has 1 aromatic rings. The van der Waals surface area contributed by atoms with E-state index in [9.17, 15) is 9.90 Å². The Bertz CT molecular complexity index is 546. The van der Waals surface area contributed by atoms with E-state index in [1.807, 2.05) is 38.1 Å². The Morgan fingerprint density at radius 2 is 2.00 bits per heavy atom. The third kappa shape index (κ3) is 4.95. The molecule has 2 rings (SSSR count). The molecule has 0 bridgehead atoms. The van der Waals surface area contributed by atoms with E-state index in [2.05, 4.69) is 10.6 Å². The van der Waals surface area contributed by atoms with Crippen molar-refractivity contribution < 1.29 is 9.90 Å². The molecule has 0 heterocycles. The second-order valence-electron chi connectivity index (χ2n) is 7.07. The molecule has 4 nitrogen and oxygen atoms in total. The third-order valence-electron chi connectivity index (χ3n) is 5.24. The predicted octanol–water partition coefficient (Wildman–Crippen LogP) is 3.44. The Morgan fingerprint density at radius 3 is 2.62 bits per heavy atom. The summed E-state index contributed by atoms with van der Waals surface area (Å²) >= 11 is 6.18. The van der Waals surface area contributed by atoms with Crippen LogP contribution in [0.3, 0.4) is 0 Å². The molecule has 5 heteroatoms. The van der Waals surface area contributed by atoms with Gasteiger partial charge in [-0.25, -0.2) is 0 Å². The molecule has 1 saturated carbocycles. The van der Waals surface area contributed by atoms with Gasteiger partial charge in [0.1, 0.15) is 0 Å². The zero-order valence-electron chi connectivity index (χ0n) is 14.6. The maximum absolute atomic E-state index is 12.3. The minimum Gasteiger partial charge on any atom is -0.394 e. The number of aliphatic hydroxyl groups is 1. The van der Waals surface area contributed by atoms with Crippen molar-refractivity contribution >= 4 is 17.5 Å². The van der Waals surface area contributed by atoms with E-state index in [0.717, 1.165) is 18.4 Å². The summed E-state index contributed by atoms with van der Waals surface area (Å²) in [7, 11) is 0. The lowest BCUT2D eigenvalue weighted by molar-refractivity contribution is -0.121. The molecular formula is C19H29ClN2O2. The first kappa shape index (κ1) is 19.2. The zero-order valence-corrected chi connectivity index (χ0v) is 15.4. The van der Waals surface area contributed by atoms with Crippen LogP contribution in [-0.4, -0.2) is 29.7 Å². The summed E-state index contributed by atoms with van der Waals surface area (Å²) in [5.41, 5.74) is 0.510. The van der Waals surface area contributed by atoms with Gasteiger partial charge in [0.05, 0.1) is 19.2 Å². The van der Waals surface area contributed by atoms with Gasteiger partial charge in [-0.3, -0.25) is 4.79 Å². The van der Waals surface area contributed by atoms with E-state index in [1.54, 1.807) is 0 Å². The number of amides is 1. The fourth-order valence-electron chi connectivity index (χ4n) is 3.55. The predicted molar refractivity (Wildman–Crippen MR) is 98.1 cm³/mol. The van der Waals surface area contributed by atoms with Crippen LogP contribution in [0.5, 0.6) is 0 Å². The van der Waals surface area contributed by atoms with Gasteiger partial charge in [-0.2, -0.15) is 0 Å². The fourth-order valence-corrected chi connectivity index (χ4v) is 3.85. The van der Waals surface area contributed by atoms with Gasteiger partial charge in [-0.05, 0) is 44.2 Å². The average molecular weight is 353 g/mol. The highest BCUT2D eigenvalue weighted by Gasteiger charge is 2.34. The van der Waals surface area contributed by atoms with Crippen molar-refractivity contribution in [3.05, 3.63) is 34.9 Å². The molecule has 1 aliphatic carbocycles. The van der Waals surface area contributed by atoms with E-state index in [0.29, 0.717) is 10.9 Å². The summed E-state index contributed by atoms with van der Waals surface area (Å²) in [4.78, 5) is 12.3. The Kier molecular flexibility index (Phi) is 7.08. The number of nitrogens with one attached hydrogen (secondary N) is 2. The Morgan fingerprint density at radius 1 is 1.33 bits per heavy atom. The summed E-state index contributed by atoms with van der Waals surface area (Å²) < 4.78 is 0. The normalized spacial score (nSPS) is 19.5. The van der Waals surface area contributed by atoms with Crippen molar-refractivity contribution in [1.82, 2.24) is 10.6 Å². The van der Waals surface area contributed by atoms with Crippen LogP contribution in [0.25, 0.3) is 0 Å². The molecule has 134 valence electrons. The number of carbonyl (C=O) groups excluding carboxylic acids is 1. The molecule has 1 aromatic carbocycles. The highest BCUT2D eigenvalue weighted by atomic mass is 35.5. The lowest BCUT2D eigenvalue weighted by Crippen LogP contribution is -2.55. The second kappa shape index (κ2) is 8.84. The van der Waals surface area contributed by atoms with Gasteiger partial charge in [0, 0.05) is 10.6 Å². The number of carbonyl (C=O) groups is 1. The van der Waals surface area contributed by atoms with Gasteiger partial charge in [-0.1, -0.05) is 49.1 Å². The summed E-state index contributed by atoms with van der Waals surface area (Å²) in [5, 5.41) is 16.7. The van der Waals surface area contributed by atoms with Crippen molar-refractivity contribution in [2.45, 2.75) is 57.5 Å². The first-order chi connectivity index (χ1) is 11.5. The summed E-state index contributed by atoms with van der Waals surface area (Å²) in [6.45, 7) is 4.19. The molecule has 2 atom stereocenters. The van der Waals surface area contributed by atoms with E-state index < -0.39 is 5.54 Å². The number of halogens is 1. The van der Waals surface area contributed by atoms with Crippen LogP contribution >= 0.6 is 11.6 Å². The van der Waals surface area contributed by atoms with Crippen LogP contribution in [0, 0.1) is 5.92 Å². The molecule has 0 spiro atoms. The van der Waals surface area contributed by atoms with Gasteiger partial charge in [0.25, 0.3) is 0 Å². The smallest absolute Gasteiger partial charge is 0.234 e. The Balaban J connectivity index is 1.88. The zero-order chi connectivity index (χ0) is 17.6. The number of benzene rings is 1. The summed E-state index contributed by atoms with van der Waals surface area (Å²) in [6, 6.07) is 7.37. The molecule has 24 heavy (non-hydrogen) atoms. The number of hydrogen-bond donors (Lipinski definition) is 3. The maximum atomic E-state index is 12.3. The summed E-state index contributed by atoms with van der Waals surface area (Å²) in [6.07, 6.45) is 5.91. The Labute approximate surface area is 150 Å². The standard InChI is InChI=1S/C19H29ClN2O2/c1-14(16-10-6-7-11-17(16)20)22-18(24)12-21-19(2,13-23)15-8-4-3-5-9-15/h6-7,10-11,14-15,21,23H,3-5,8-9,12-13H2,1-2H3,(H,22,24). The first-order valence-electron chi connectivity index (χ1n) is 8.86. The minimum absolute atomic E-state index is 0.0466. The van der Waals surface area contributed by atoms with Crippen molar-refractivity contribution in [1.29, 1.82) is 0 Å². The molecule has 0 saturated heterocycles. The minimum atomic E-state index is -0.397. The van der Waals surface area contributed by atoms with Crippen molar-refractivity contribution in [2.24, 2.45) is 5.92 Å². The lowest BCUT2D eigenvalue weighted by atomic mass is 9.76. The lowest BCUT2D eigenvalue weighted by Gasteiger charge is -2.39. The van der Waals surface area contributed by atoms with Crippen LogP contribution in [0.1, 0.15) is 57.6 Å². The highest BCUT2D eigenvalue weighted by Crippen LogP contribution is 2.32. The van der Waals surface area contributed by atoms with Crippen LogP contribution < -0.4 is 10.6 Å². The molecule has 1 fully saturated rings. The van der Waals surface area contributed by atoms with Crippen molar-refractivity contribution in [3.63, 3.8) is 0 Å². The van der Waals surface area contributed by atoms with Crippen molar-refractivity contribution in [3.8, 4) is 0 Å². The van der Waals surface area contributed by atoms with Gasteiger partial charge < -0.3 is 15.7 Å². The van der Waals surface area contributed by atoms with Crippen molar-refractivity contribution in [2.75, 3.05) is 13.2 Å². The number of rotatable bonds is 7. The molecule has 0 aliphatic heterocycles. The fraction of sp³-hybridized carbons (Fsp3) is 0.632. The quantitative estimate of drug-likeness (QED) is 0.704. The number of aliphatic hydroxyl groups excluding tert-OH is 1. The average Bonchev–Trinajstić information content (AvgIpc) is 2.60. The molecule has 2 unspecified atom stereocenters. The largest absolute Gasteiger partial charge is 0.394 e. The van der Waals surface area contributed by atoms with E-state index >= 15 is 0 Å². The topological polar surface area (TPSA) is 61.4 Å². The van der Waals surface area contributed by atoms with Crippen LogP contribution in [0.15, 0.2) is 24.3 Å². The van der Waals surface area contributed by atoms with Gasteiger partial charge >= 0.3 is 0 Å². The number of hydrogen-bond acceptors (Lipinski definition) is 3. The Hall–Kier alpha value is -1.10. The van der Waals surface area contributed by atoms with Crippen LogP contribution in [-0.2, 0) is 4.79 Å². The summed E-state index contributed by atoms with van der Waals surface area (Å²) in [5.74, 6) is 0.336. The monoisotopic (exact) mass is 352 g/mol. The van der Waals surface area contributed by atoms with Gasteiger partial charge in [-0.15, -0.1) is 0 Å². The van der Waals surface area contributed by atoms with Crippen LogP contribution in [0.4, 0.5) is 0 Å². The SMILES string of the molecule is CC(NC(=O)CNC(C)(CO)C1CCCCC1)c1ccccc1Cl. The van der Waals surface area contributed by atoms with E-state index in [1.165, 1.54) is 19.3 Å². The molecule has 0 radical (unpaired) electrons. The van der Waals surface area contributed by atoms with Crippen LogP contribution in [0.2, 0.25) is 5.02 Å². The van der Waals surface area contributed by atoms with E-state index in [-0.39, 0.29) is 25.1 Å². The highest BCUT2D eigenvalue weighted by molar-refractivity contribution is 6.31. The van der Waals surface area contributed by atoms with Gasteiger partial charge in [0.2, 0.25) is 5.91 Å². The second-order valence-corrected chi connectivity index (χ2v) is 7.48. The maximum Gasteiger partial charge on any atom is 0.234 e. The molecule has 3 N–H and O–H groups in total. The third-order valence-corrected chi connectivity index (χ3v) is 5.58. The van der Waals surface area contributed by atoms with Gasteiger partial charge in [0.15, 0.2) is 0 Å². The molecule has 1 amide bonds. The molecule has 0 aromatic heterocycles. The van der Waals surface area contributed by atoms with E-state index in [4.69, 9.17) is 11.6 Å². The molecule has 1 aliphatic rings. The first-order valence-corrected chi connectivity index (χ1v) is 9.24.